The summed E-state index contributed by atoms with van der Waals surface area (Å²) in [5, 5.41) is 16.9. The Morgan fingerprint density at radius 3 is 2.45 bits per heavy atom. The molecule has 0 aliphatic rings. The van der Waals surface area contributed by atoms with Crippen molar-refractivity contribution < 1.29 is 10.2 Å². The first kappa shape index (κ1) is 10.6. The fourth-order valence-electron chi connectivity index (χ4n) is 0.813. The van der Waals surface area contributed by atoms with Gasteiger partial charge in [0, 0.05) is 12.6 Å². The molecule has 0 aromatic carbocycles. The molecule has 0 saturated carbocycles. The van der Waals surface area contributed by atoms with Gasteiger partial charge in [-0.15, -0.1) is 0 Å². The zero-order valence-electron chi connectivity index (χ0n) is 6.74. The topological polar surface area (TPSA) is 66.5 Å². The van der Waals surface area contributed by atoms with Gasteiger partial charge in [-0.25, -0.2) is 0 Å². The van der Waals surface area contributed by atoms with Crippen LogP contribution in [0.25, 0.3) is 0 Å². The van der Waals surface area contributed by atoms with E-state index in [4.69, 9.17) is 15.9 Å². The van der Waals surface area contributed by atoms with E-state index >= 15 is 0 Å². The van der Waals surface area contributed by atoms with Crippen LogP contribution in [0.3, 0.4) is 0 Å². The molecule has 66 valence electrons. The van der Waals surface area contributed by atoms with Gasteiger partial charge in [0.25, 0.3) is 0 Å². The maximum absolute atomic E-state index is 8.50. The summed E-state index contributed by atoms with van der Waals surface area (Å²) < 4.78 is 0. The van der Waals surface area contributed by atoms with Gasteiger partial charge in [-0.05, 0) is 19.3 Å². The minimum atomic E-state index is 0.0864. The zero-order valence-corrected chi connectivity index (χ0v) is 6.74. The Bertz CT molecular complexity index is 104. The molecule has 3 heteroatoms. The molecule has 4 N–H and O–H groups in total. The minimum absolute atomic E-state index is 0.0864. The summed E-state index contributed by atoms with van der Waals surface area (Å²) in [6, 6.07) is 0.0864. The minimum Gasteiger partial charge on any atom is -0.396 e. The molecule has 11 heavy (non-hydrogen) atoms. The quantitative estimate of drug-likeness (QED) is 0.479. The van der Waals surface area contributed by atoms with E-state index in [0.29, 0.717) is 6.42 Å². The lowest BCUT2D eigenvalue weighted by atomic mass is 10.1. The molecule has 0 unspecified atom stereocenters. The average Bonchev–Trinajstić information content (AvgIpc) is 1.99. The summed E-state index contributed by atoms with van der Waals surface area (Å²) in [4.78, 5) is 0. The Kier molecular flexibility index (Phi) is 7.46. The molecule has 0 radical (unpaired) electrons. The van der Waals surface area contributed by atoms with Gasteiger partial charge in [-0.2, -0.15) is 0 Å². The smallest absolute Gasteiger partial charge is 0.0612 e. The molecule has 0 bridgehead atoms. The van der Waals surface area contributed by atoms with Gasteiger partial charge >= 0.3 is 0 Å². The van der Waals surface area contributed by atoms with Gasteiger partial charge < -0.3 is 15.9 Å². The van der Waals surface area contributed by atoms with Crippen LogP contribution in [0.2, 0.25) is 0 Å². The van der Waals surface area contributed by atoms with Crippen molar-refractivity contribution in [3.63, 3.8) is 0 Å². The van der Waals surface area contributed by atoms with E-state index in [1.165, 1.54) is 0 Å². The number of hydrogen-bond acceptors (Lipinski definition) is 3. The van der Waals surface area contributed by atoms with Crippen LogP contribution in [0.5, 0.6) is 0 Å². The van der Waals surface area contributed by atoms with E-state index in [2.05, 4.69) is 0 Å². The molecular formula is C8H17NO2. The van der Waals surface area contributed by atoms with Crippen LogP contribution in [0.4, 0.5) is 0 Å². The van der Waals surface area contributed by atoms with Crippen LogP contribution in [0.15, 0.2) is 12.2 Å². The number of aliphatic hydroxyl groups is 2. The highest BCUT2D eigenvalue weighted by molar-refractivity contribution is 4.81. The Morgan fingerprint density at radius 2 is 1.91 bits per heavy atom. The highest BCUT2D eigenvalue weighted by atomic mass is 16.3. The van der Waals surface area contributed by atoms with Gasteiger partial charge in [-0.1, -0.05) is 12.2 Å². The standard InChI is InChI=1S/C8H17NO2/c9-8(5-7-11)4-2-1-3-6-10/h1,3,8,10-11H,2,4-7,9H2/b3-1-/t8-/m0/s1. The SMILES string of the molecule is N[C@H](CCO)CC/C=C\CO. The molecule has 0 aromatic heterocycles. The Labute approximate surface area is 67.5 Å². The summed E-state index contributed by atoms with van der Waals surface area (Å²) in [5.74, 6) is 0. The van der Waals surface area contributed by atoms with E-state index in [1.807, 2.05) is 6.08 Å². The van der Waals surface area contributed by atoms with E-state index in [-0.39, 0.29) is 19.3 Å². The van der Waals surface area contributed by atoms with Crippen LogP contribution in [-0.2, 0) is 0 Å². The molecule has 0 aromatic rings. The number of hydrogen-bond donors (Lipinski definition) is 3. The van der Waals surface area contributed by atoms with Crippen LogP contribution < -0.4 is 5.73 Å². The van der Waals surface area contributed by atoms with Crippen LogP contribution in [0.1, 0.15) is 19.3 Å². The number of aliphatic hydroxyl groups excluding tert-OH is 2. The summed E-state index contributed by atoms with van der Waals surface area (Å²) in [6.07, 6.45) is 6.01. The second kappa shape index (κ2) is 7.72. The van der Waals surface area contributed by atoms with Crippen LogP contribution in [0, 0.1) is 0 Å². The number of rotatable bonds is 6. The Balaban J connectivity index is 3.16. The molecule has 3 nitrogen and oxygen atoms in total. The van der Waals surface area contributed by atoms with Crippen molar-refractivity contribution in [3.8, 4) is 0 Å². The zero-order chi connectivity index (χ0) is 8.53. The van der Waals surface area contributed by atoms with Crippen molar-refractivity contribution in [1.29, 1.82) is 0 Å². The highest BCUT2D eigenvalue weighted by Gasteiger charge is 1.98. The van der Waals surface area contributed by atoms with Crippen LogP contribution >= 0.6 is 0 Å². The first-order valence-electron chi connectivity index (χ1n) is 3.93. The molecule has 0 spiro atoms. The van der Waals surface area contributed by atoms with Gasteiger partial charge in [0.1, 0.15) is 0 Å². The number of nitrogens with two attached hydrogens (primary N) is 1. The fraction of sp³-hybridized carbons (Fsp3) is 0.750. The highest BCUT2D eigenvalue weighted by Crippen LogP contribution is 1.98. The Morgan fingerprint density at radius 1 is 1.18 bits per heavy atom. The predicted molar refractivity (Wildman–Crippen MR) is 45.1 cm³/mol. The third-order valence-electron chi connectivity index (χ3n) is 1.48. The molecular weight excluding hydrogens is 142 g/mol. The molecule has 0 heterocycles. The largest absolute Gasteiger partial charge is 0.396 e. The summed E-state index contributed by atoms with van der Waals surface area (Å²) in [6.45, 7) is 0.250. The first-order valence-corrected chi connectivity index (χ1v) is 3.93. The molecule has 0 fully saturated rings. The normalized spacial score (nSPS) is 14.1. The van der Waals surface area contributed by atoms with Crippen molar-refractivity contribution in [2.45, 2.75) is 25.3 Å². The molecule has 0 amide bonds. The second-order valence-corrected chi connectivity index (χ2v) is 2.50. The van der Waals surface area contributed by atoms with Gasteiger partial charge in [-0.3, -0.25) is 0 Å². The van der Waals surface area contributed by atoms with E-state index < -0.39 is 0 Å². The van der Waals surface area contributed by atoms with Crippen molar-refractivity contribution in [2.24, 2.45) is 5.73 Å². The molecule has 0 rings (SSSR count). The van der Waals surface area contributed by atoms with Crippen LogP contribution in [-0.4, -0.2) is 29.5 Å². The lowest BCUT2D eigenvalue weighted by Gasteiger charge is -2.06. The lowest BCUT2D eigenvalue weighted by Crippen LogP contribution is -2.20. The van der Waals surface area contributed by atoms with Crippen molar-refractivity contribution >= 4 is 0 Å². The summed E-state index contributed by atoms with van der Waals surface area (Å²) in [7, 11) is 0. The summed E-state index contributed by atoms with van der Waals surface area (Å²) >= 11 is 0. The van der Waals surface area contributed by atoms with E-state index in [1.54, 1.807) is 6.08 Å². The third-order valence-corrected chi connectivity index (χ3v) is 1.48. The fourth-order valence-corrected chi connectivity index (χ4v) is 0.813. The first-order chi connectivity index (χ1) is 5.31. The van der Waals surface area contributed by atoms with Gasteiger partial charge in [0.2, 0.25) is 0 Å². The Hall–Kier alpha value is -0.380. The molecule has 1 atom stereocenters. The molecule has 0 aliphatic carbocycles. The average molecular weight is 159 g/mol. The van der Waals surface area contributed by atoms with Gasteiger partial charge in [0.15, 0.2) is 0 Å². The second-order valence-electron chi connectivity index (χ2n) is 2.50. The van der Waals surface area contributed by atoms with Crippen molar-refractivity contribution in [3.05, 3.63) is 12.2 Å². The monoisotopic (exact) mass is 159 g/mol. The molecule has 0 saturated heterocycles. The maximum Gasteiger partial charge on any atom is 0.0612 e. The third kappa shape index (κ3) is 7.52. The summed E-state index contributed by atoms with van der Waals surface area (Å²) in [5.41, 5.74) is 5.61. The predicted octanol–water partition coefficient (Wildman–Crippen LogP) is 0.0248. The van der Waals surface area contributed by atoms with Crippen molar-refractivity contribution in [1.82, 2.24) is 0 Å². The van der Waals surface area contributed by atoms with E-state index in [0.717, 1.165) is 12.8 Å². The van der Waals surface area contributed by atoms with Crippen molar-refractivity contribution in [2.75, 3.05) is 13.2 Å². The van der Waals surface area contributed by atoms with Gasteiger partial charge in [0.05, 0.1) is 6.61 Å². The molecule has 0 aliphatic heterocycles. The number of allylic oxidation sites excluding steroid dienone is 1. The lowest BCUT2D eigenvalue weighted by molar-refractivity contribution is 0.273. The van der Waals surface area contributed by atoms with E-state index in [9.17, 15) is 0 Å². The maximum atomic E-state index is 8.50.